The van der Waals surface area contributed by atoms with Crippen molar-refractivity contribution >= 4 is 11.7 Å². The van der Waals surface area contributed by atoms with E-state index >= 15 is 0 Å². The lowest BCUT2D eigenvalue weighted by molar-refractivity contribution is 0.245. The van der Waals surface area contributed by atoms with Crippen LogP contribution >= 0.6 is 0 Å². The third kappa shape index (κ3) is 3.99. The highest BCUT2D eigenvalue weighted by Crippen LogP contribution is 1.99. The molecule has 1 unspecified atom stereocenters. The van der Waals surface area contributed by atoms with Crippen molar-refractivity contribution in [3.63, 3.8) is 0 Å². The first-order chi connectivity index (χ1) is 7.09. The summed E-state index contributed by atoms with van der Waals surface area (Å²) in [7, 11) is 3.95. The monoisotopic (exact) mass is 211 g/mol. The maximum absolute atomic E-state index is 11.4. The predicted octanol–water partition coefficient (Wildman–Crippen LogP) is 0.481. The zero-order valence-electron chi connectivity index (χ0n) is 9.24. The predicted molar refractivity (Wildman–Crippen MR) is 58.8 cm³/mol. The molecule has 3 N–H and O–H groups in total. The molecule has 0 spiro atoms. The Balaban J connectivity index is 2.25. The van der Waals surface area contributed by atoms with Crippen LogP contribution in [0.15, 0.2) is 12.4 Å². The summed E-state index contributed by atoms with van der Waals surface area (Å²) in [6.45, 7) is 2.65. The summed E-state index contributed by atoms with van der Waals surface area (Å²) in [6.07, 6.45) is 3.17. The van der Waals surface area contributed by atoms with Gasteiger partial charge >= 0.3 is 6.03 Å². The fourth-order valence-electron chi connectivity index (χ4n) is 0.918. The van der Waals surface area contributed by atoms with Crippen LogP contribution in [0.3, 0.4) is 0 Å². The van der Waals surface area contributed by atoms with Crippen molar-refractivity contribution in [2.75, 3.05) is 26.0 Å². The van der Waals surface area contributed by atoms with Crippen molar-refractivity contribution in [3.05, 3.63) is 12.4 Å². The van der Waals surface area contributed by atoms with Crippen molar-refractivity contribution in [1.82, 2.24) is 20.4 Å². The smallest absolute Gasteiger partial charge is 0.319 e. The van der Waals surface area contributed by atoms with E-state index in [-0.39, 0.29) is 6.03 Å². The number of carbonyl (C=O) groups excluding carboxylic acids is 1. The van der Waals surface area contributed by atoms with Crippen LogP contribution in [0.5, 0.6) is 0 Å². The first-order valence-corrected chi connectivity index (χ1v) is 4.79. The molecule has 1 aromatic rings. The van der Waals surface area contributed by atoms with Gasteiger partial charge in [0.05, 0.1) is 11.9 Å². The van der Waals surface area contributed by atoms with Gasteiger partial charge in [0.2, 0.25) is 0 Å². The second kappa shape index (κ2) is 5.35. The highest BCUT2D eigenvalue weighted by molar-refractivity contribution is 5.88. The van der Waals surface area contributed by atoms with Gasteiger partial charge in [-0.25, -0.2) is 4.79 Å². The van der Waals surface area contributed by atoms with E-state index in [0.29, 0.717) is 18.3 Å². The number of amides is 2. The van der Waals surface area contributed by atoms with E-state index in [9.17, 15) is 4.79 Å². The Morgan fingerprint density at radius 3 is 2.93 bits per heavy atom. The Kier molecular flexibility index (Phi) is 4.11. The van der Waals surface area contributed by atoms with Crippen molar-refractivity contribution in [2.24, 2.45) is 0 Å². The summed E-state index contributed by atoms with van der Waals surface area (Å²) in [5.41, 5.74) is 0.657. The molecule has 1 atom stereocenters. The molecule has 84 valence electrons. The number of urea groups is 1. The van der Waals surface area contributed by atoms with Gasteiger partial charge in [-0.3, -0.25) is 5.10 Å². The lowest BCUT2D eigenvalue weighted by Crippen LogP contribution is -2.40. The van der Waals surface area contributed by atoms with Crippen LogP contribution in [0, 0.1) is 0 Å². The number of hydrogen-bond acceptors (Lipinski definition) is 3. The van der Waals surface area contributed by atoms with Gasteiger partial charge in [0, 0.05) is 18.8 Å². The SMILES string of the molecule is CC(CNC(=O)Nc1cn[nH]c1)N(C)C. The minimum atomic E-state index is -0.217. The average molecular weight is 211 g/mol. The van der Waals surface area contributed by atoms with Crippen LogP contribution in [0.4, 0.5) is 10.5 Å². The van der Waals surface area contributed by atoms with Gasteiger partial charge in [-0.2, -0.15) is 5.10 Å². The molecular weight excluding hydrogens is 194 g/mol. The summed E-state index contributed by atoms with van der Waals surface area (Å²) in [6, 6.07) is 0.0881. The molecule has 0 aliphatic heterocycles. The van der Waals surface area contributed by atoms with E-state index in [0.717, 1.165) is 0 Å². The number of hydrogen-bond donors (Lipinski definition) is 3. The maximum atomic E-state index is 11.4. The lowest BCUT2D eigenvalue weighted by atomic mass is 10.3. The Morgan fingerprint density at radius 1 is 1.67 bits per heavy atom. The Bertz CT molecular complexity index is 295. The zero-order chi connectivity index (χ0) is 11.3. The second-order valence-corrected chi connectivity index (χ2v) is 3.63. The molecule has 0 fully saturated rings. The summed E-state index contributed by atoms with van der Waals surface area (Å²) in [5.74, 6) is 0. The van der Waals surface area contributed by atoms with E-state index in [1.54, 1.807) is 12.4 Å². The number of rotatable bonds is 4. The number of nitrogens with zero attached hydrogens (tertiary/aromatic N) is 2. The van der Waals surface area contributed by atoms with E-state index in [1.165, 1.54) is 0 Å². The fraction of sp³-hybridized carbons (Fsp3) is 0.556. The minimum Gasteiger partial charge on any atom is -0.336 e. The molecule has 6 heteroatoms. The fourth-order valence-corrected chi connectivity index (χ4v) is 0.918. The van der Waals surface area contributed by atoms with Gasteiger partial charge in [-0.05, 0) is 21.0 Å². The first kappa shape index (κ1) is 11.5. The standard InChI is InChI=1S/C9H17N5O/c1-7(14(2)3)4-10-9(15)13-8-5-11-12-6-8/h5-7H,4H2,1-3H3,(H,11,12)(H2,10,13,15). The molecule has 0 aliphatic rings. The highest BCUT2D eigenvalue weighted by atomic mass is 16.2. The molecule has 1 aromatic heterocycles. The molecule has 15 heavy (non-hydrogen) atoms. The van der Waals surface area contributed by atoms with Gasteiger partial charge in [0.25, 0.3) is 0 Å². The molecule has 1 rings (SSSR count). The van der Waals surface area contributed by atoms with Gasteiger partial charge in [-0.1, -0.05) is 0 Å². The van der Waals surface area contributed by atoms with Gasteiger partial charge in [0.15, 0.2) is 0 Å². The largest absolute Gasteiger partial charge is 0.336 e. The Hall–Kier alpha value is -1.56. The summed E-state index contributed by atoms with van der Waals surface area (Å²) in [5, 5.41) is 11.8. The van der Waals surface area contributed by atoms with Crippen LogP contribution in [-0.2, 0) is 0 Å². The van der Waals surface area contributed by atoms with Crippen LogP contribution in [0.1, 0.15) is 6.92 Å². The van der Waals surface area contributed by atoms with Gasteiger partial charge in [-0.15, -0.1) is 0 Å². The molecule has 0 aliphatic carbocycles. The number of anilines is 1. The molecular formula is C9H17N5O. The quantitative estimate of drug-likeness (QED) is 0.678. The van der Waals surface area contributed by atoms with Crippen LogP contribution < -0.4 is 10.6 Å². The van der Waals surface area contributed by atoms with Crippen molar-refractivity contribution in [3.8, 4) is 0 Å². The van der Waals surface area contributed by atoms with Gasteiger partial charge < -0.3 is 15.5 Å². The average Bonchev–Trinajstić information content (AvgIpc) is 2.66. The van der Waals surface area contributed by atoms with E-state index in [4.69, 9.17) is 0 Å². The van der Waals surface area contributed by atoms with Crippen LogP contribution in [0.25, 0.3) is 0 Å². The third-order valence-electron chi connectivity index (χ3n) is 2.20. The van der Waals surface area contributed by atoms with Crippen molar-refractivity contribution in [1.29, 1.82) is 0 Å². The van der Waals surface area contributed by atoms with Crippen LogP contribution in [-0.4, -0.2) is 47.8 Å². The lowest BCUT2D eigenvalue weighted by Gasteiger charge is -2.19. The summed E-state index contributed by atoms with van der Waals surface area (Å²) in [4.78, 5) is 13.4. The molecule has 6 nitrogen and oxygen atoms in total. The molecule has 0 saturated carbocycles. The van der Waals surface area contributed by atoms with Crippen molar-refractivity contribution < 1.29 is 4.79 Å². The third-order valence-corrected chi connectivity index (χ3v) is 2.20. The van der Waals surface area contributed by atoms with Crippen LogP contribution in [0.2, 0.25) is 0 Å². The first-order valence-electron chi connectivity index (χ1n) is 4.79. The molecule has 0 saturated heterocycles. The molecule has 0 bridgehead atoms. The number of nitrogens with one attached hydrogen (secondary N) is 3. The molecule has 2 amide bonds. The number of aromatic nitrogens is 2. The highest BCUT2D eigenvalue weighted by Gasteiger charge is 2.07. The Labute approximate surface area is 89.0 Å². The normalized spacial score (nSPS) is 12.5. The van der Waals surface area contributed by atoms with E-state index in [1.807, 2.05) is 25.9 Å². The molecule has 0 radical (unpaired) electrons. The molecule has 0 aromatic carbocycles. The van der Waals surface area contributed by atoms with E-state index < -0.39 is 0 Å². The van der Waals surface area contributed by atoms with E-state index in [2.05, 4.69) is 20.8 Å². The topological polar surface area (TPSA) is 73.0 Å². The number of H-pyrrole nitrogens is 1. The molecule has 1 heterocycles. The number of carbonyl (C=O) groups is 1. The summed E-state index contributed by atoms with van der Waals surface area (Å²) < 4.78 is 0. The second-order valence-electron chi connectivity index (χ2n) is 3.63. The Morgan fingerprint density at radius 2 is 2.40 bits per heavy atom. The minimum absolute atomic E-state index is 0.217. The summed E-state index contributed by atoms with van der Waals surface area (Å²) >= 11 is 0. The number of likely N-dealkylation sites (N-methyl/N-ethyl adjacent to an activating group) is 1. The maximum Gasteiger partial charge on any atom is 0.319 e. The number of aromatic amines is 1. The van der Waals surface area contributed by atoms with Gasteiger partial charge in [0.1, 0.15) is 0 Å². The van der Waals surface area contributed by atoms with Crippen molar-refractivity contribution in [2.45, 2.75) is 13.0 Å². The zero-order valence-corrected chi connectivity index (χ0v) is 9.24.